The summed E-state index contributed by atoms with van der Waals surface area (Å²) in [6, 6.07) is 2.99. The molecule has 20 heavy (non-hydrogen) atoms. The molecular weight excluding hydrogens is 264 g/mol. The molecule has 2 unspecified atom stereocenters. The molecule has 1 aromatic carbocycles. The first-order chi connectivity index (χ1) is 9.49. The molecule has 0 spiro atoms. The highest BCUT2D eigenvalue weighted by atomic mass is 19.1. The van der Waals surface area contributed by atoms with E-state index in [0.717, 1.165) is 31.4 Å². The van der Waals surface area contributed by atoms with Crippen molar-refractivity contribution < 1.29 is 18.7 Å². The second-order valence-electron chi connectivity index (χ2n) is 5.34. The highest BCUT2D eigenvalue weighted by Crippen LogP contribution is 2.23. The number of hydrogen-bond donors (Lipinski definition) is 1. The number of nitrogens with zero attached hydrogens (tertiary/aromatic N) is 1. The van der Waals surface area contributed by atoms with E-state index in [2.05, 4.69) is 0 Å². The van der Waals surface area contributed by atoms with Crippen molar-refractivity contribution >= 4 is 5.91 Å². The lowest BCUT2D eigenvalue weighted by atomic mass is 9.91. The lowest BCUT2D eigenvalue weighted by molar-refractivity contribution is -0.134. The molecule has 1 aliphatic rings. The van der Waals surface area contributed by atoms with Crippen molar-refractivity contribution in [2.24, 2.45) is 0 Å². The van der Waals surface area contributed by atoms with Crippen LogP contribution in [0.5, 0.6) is 0 Å². The van der Waals surface area contributed by atoms with Crippen molar-refractivity contribution in [1.29, 1.82) is 0 Å². The molecule has 0 radical (unpaired) electrons. The van der Waals surface area contributed by atoms with E-state index < -0.39 is 17.7 Å². The van der Waals surface area contributed by atoms with Gasteiger partial charge in [0.15, 0.2) is 0 Å². The van der Waals surface area contributed by atoms with Crippen LogP contribution in [0.15, 0.2) is 18.2 Å². The van der Waals surface area contributed by atoms with Gasteiger partial charge in [-0.2, -0.15) is 0 Å². The maximum absolute atomic E-state index is 13.5. The van der Waals surface area contributed by atoms with Crippen LogP contribution in [-0.4, -0.2) is 35.1 Å². The fourth-order valence-electron chi connectivity index (χ4n) is 2.68. The Morgan fingerprint density at radius 3 is 2.70 bits per heavy atom. The zero-order valence-corrected chi connectivity index (χ0v) is 11.5. The number of rotatable bonds is 3. The van der Waals surface area contributed by atoms with Crippen LogP contribution in [0.3, 0.4) is 0 Å². The molecular formula is C15H19F2NO2. The minimum absolute atomic E-state index is 0.119. The van der Waals surface area contributed by atoms with Crippen LogP contribution >= 0.6 is 0 Å². The maximum Gasteiger partial charge on any atom is 0.227 e. The van der Waals surface area contributed by atoms with E-state index in [1.807, 2.05) is 0 Å². The van der Waals surface area contributed by atoms with Crippen LogP contribution in [0, 0.1) is 11.6 Å². The third-order valence-corrected chi connectivity index (χ3v) is 3.94. The second kappa shape index (κ2) is 6.31. The van der Waals surface area contributed by atoms with Crippen LogP contribution in [0.2, 0.25) is 0 Å². The van der Waals surface area contributed by atoms with Crippen LogP contribution < -0.4 is 0 Å². The summed E-state index contributed by atoms with van der Waals surface area (Å²) in [6.45, 7) is 0. The minimum atomic E-state index is -0.712. The molecule has 0 aromatic heterocycles. The average Bonchev–Trinajstić information content (AvgIpc) is 2.41. The fraction of sp³-hybridized carbons (Fsp3) is 0.533. The Kier molecular flexibility index (Phi) is 4.70. The Hall–Kier alpha value is -1.49. The summed E-state index contributed by atoms with van der Waals surface area (Å²) in [7, 11) is 1.63. The van der Waals surface area contributed by atoms with Gasteiger partial charge in [-0.3, -0.25) is 4.79 Å². The van der Waals surface area contributed by atoms with Crippen molar-refractivity contribution in [2.45, 2.75) is 44.2 Å². The standard InChI is InChI=1S/C15H19F2NO2/c1-18(13-4-2-3-5-14(13)19)15(20)8-10-6-7-11(16)9-12(10)17/h6-7,9,13-14,19H,2-5,8H2,1H3. The van der Waals surface area contributed by atoms with Gasteiger partial charge in [0.05, 0.1) is 18.6 Å². The Morgan fingerprint density at radius 1 is 1.35 bits per heavy atom. The van der Waals surface area contributed by atoms with Gasteiger partial charge in [-0.1, -0.05) is 18.9 Å². The molecule has 1 saturated carbocycles. The van der Waals surface area contributed by atoms with E-state index in [-0.39, 0.29) is 23.9 Å². The molecule has 3 nitrogen and oxygen atoms in total. The van der Waals surface area contributed by atoms with Gasteiger partial charge >= 0.3 is 0 Å². The summed E-state index contributed by atoms with van der Waals surface area (Å²) in [6.07, 6.45) is 2.75. The van der Waals surface area contributed by atoms with Crippen molar-refractivity contribution in [1.82, 2.24) is 4.90 Å². The molecule has 1 aliphatic carbocycles. The van der Waals surface area contributed by atoms with Crippen molar-refractivity contribution in [3.8, 4) is 0 Å². The van der Waals surface area contributed by atoms with Gasteiger partial charge in [0.2, 0.25) is 5.91 Å². The summed E-state index contributed by atoms with van der Waals surface area (Å²) in [5, 5.41) is 9.93. The van der Waals surface area contributed by atoms with E-state index in [4.69, 9.17) is 0 Å². The first-order valence-electron chi connectivity index (χ1n) is 6.86. The molecule has 1 aromatic rings. The summed E-state index contributed by atoms with van der Waals surface area (Å²) >= 11 is 0. The summed E-state index contributed by atoms with van der Waals surface area (Å²) in [5.41, 5.74) is 0.175. The fourth-order valence-corrected chi connectivity index (χ4v) is 2.68. The van der Waals surface area contributed by atoms with Crippen molar-refractivity contribution in [3.05, 3.63) is 35.4 Å². The molecule has 2 atom stereocenters. The predicted molar refractivity (Wildman–Crippen MR) is 71.1 cm³/mol. The van der Waals surface area contributed by atoms with Crippen LogP contribution in [0.1, 0.15) is 31.2 Å². The van der Waals surface area contributed by atoms with Crippen molar-refractivity contribution in [3.63, 3.8) is 0 Å². The number of benzene rings is 1. The highest BCUT2D eigenvalue weighted by molar-refractivity contribution is 5.79. The lowest BCUT2D eigenvalue weighted by Crippen LogP contribution is -2.46. The largest absolute Gasteiger partial charge is 0.391 e. The number of amides is 1. The summed E-state index contributed by atoms with van der Waals surface area (Å²) < 4.78 is 26.4. The van der Waals surface area contributed by atoms with E-state index >= 15 is 0 Å². The summed E-state index contributed by atoms with van der Waals surface area (Å²) in [4.78, 5) is 13.6. The van der Waals surface area contributed by atoms with Gasteiger partial charge in [0.25, 0.3) is 0 Å². The SMILES string of the molecule is CN(C(=O)Cc1ccc(F)cc1F)C1CCCCC1O. The Morgan fingerprint density at radius 2 is 2.05 bits per heavy atom. The molecule has 110 valence electrons. The second-order valence-corrected chi connectivity index (χ2v) is 5.34. The monoisotopic (exact) mass is 283 g/mol. The van der Waals surface area contributed by atoms with Gasteiger partial charge in [0.1, 0.15) is 11.6 Å². The zero-order chi connectivity index (χ0) is 14.7. The zero-order valence-electron chi connectivity index (χ0n) is 11.5. The Balaban J connectivity index is 2.03. The first kappa shape index (κ1) is 14.9. The van der Waals surface area contributed by atoms with Gasteiger partial charge in [-0.05, 0) is 24.5 Å². The Labute approximate surface area is 117 Å². The van der Waals surface area contributed by atoms with E-state index in [0.29, 0.717) is 6.42 Å². The number of aliphatic hydroxyl groups is 1. The van der Waals surface area contributed by atoms with Crippen molar-refractivity contribution in [2.75, 3.05) is 7.05 Å². The molecule has 1 N–H and O–H groups in total. The molecule has 1 fully saturated rings. The van der Waals surface area contributed by atoms with Gasteiger partial charge in [0, 0.05) is 13.1 Å². The molecule has 0 aliphatic heterocycles. The third-order valence-electron chi connectivity index (χ3n) is 3.94. The number of carbonyl (C=O) groups excluding carboxylic acids is 1. The number of aliphatic hydroxyl groups excluding tert-OH is 1. The van der Waals surface area contributed by atoms with Gasteiger partial charge in [-0.15, -0.1) is 0 Å². The number of carbonyl (C=O) groups is 1. The maximum atomic E-state index is 13.5. The van der Waals surface area contributed by atoms with Crippen LogP contribution in [0.4, 0.5) is 8.78 Å². The smallest absolute Gasteiger partial charge is 0.227 e. The predicted octanol–water partition coefficient (Wildman–Crippen LogP) is 2.27. The molecule has 0 bridgehead atoms. The molecule has 0 heterocycles. The van der Waals surface area contributed by atoms with E-state index in [1.165, 1.54) is 11.0 Å². The number of halogens is 2. The normalized spacial score (nSPS) is 22.6. The third kappa shape index (κ3) is 3.33. The number of hydrogen-bond acceptors (Lipinski definition) is 2. The highest BCUT2D eigenvalue weighted by Gasteiger charge is 2.29. The lowest BCUT2D eigenvalue weighted by Gasteiger charge is -2.35. The average molecular weight is 283 g/mol. The topological polar surface area (TPSA) is 40.5 Å². The van der Waals surface area contributed by atoms with Gasteiger partial charge < -0.3 is 10.0 Å². The van der Waals surface area contributed by atoms with E-state index in [9.17, 15) is 18.7 Å². The molecule has 0 saturated heterocycles. The quantitative estimate of drug-likeness (QED) is 0.924. The summed E-state index contributed by atoms with van der Waals surface area (Å²) in [5.74, 6) is -1.63. The van der Waals surface area contributed by atoms with Crippen LogP contribution in [0.25, 0.3) is 0 Å². The Bertz CT molecular complexity index is 493. The molecule has 5 heteroatoms. The molecule has 2 rings (SSSR count). The first-order valence-corrected chi connectivity index (χ1v) is 6.86. The van der Waals surface area contributed by atoms with Gasteiger partial charge in [-0.25, -0.2) is 8.78 Å². The minimum Gasteiger partial charge on any atom is -0.391 e. The van der Waals surface area contributed by atoms with E-state index in [1.54, 1.807) is 7.05 Å². The molecule has 1 amide bonds. The number of likely N-dealkylation sites (N-methyl/N-ethyl adjacent to an activating group) is 1. The van der Waals surface area contributed by atoms with Crippen LogP contribution in [-0.2, 0) is 11.2 Å².